The van der Waals surface area contributed by atoms with Crippen LogP contribution >= 0.6 is 0 Å². The number of nitriles is 1. The van der Waals surface area contributed by atoms with Gasteiger partial charge in [-0.1, -0.05) is 48.5 Å². The highest BCUT2D eigenvalue weighted by atomic mass is 19.1. The lowest BCUT2D eigenvalue weighted by Crippen LogP contribution is -2.29. The maximum Gasteiger partial charge on any atom is 0.315 e. The maximum atomic E-state index is 15.7. The molecule has 6 heteroatoms. The lowest BCUT2D eigenvalue weighted by molar-refractivity contribution is -0.142. The van der Waals surface area contributed by atoms with Crippen LogP contribution < -0.4 is 0 Å². The van der Waals surface area contributed by atoms with Crippen LogP contribution in [0.15, 0.2) is 85.2 Å². The second-order valence-electron chi connectivity index (χ2n) is 9.91. The number of para-hydroxylation sites is 1. The number of nitrogens with zero attached hydrogens (tertiary/aromatic N) is 2. The summed E-state index contributed by atoms with van der Waals surface area (Å²) in [6.07, 6.45) is 3.21. The molecule has 184 valence electrons. The molecule has 0 saturated heterocycles. The molecule has 0 fully saturated rings. The molecule has 38 heavy (non-hydrogen) atoms. The minimum absolute atomic E-state index is 0.360. The van der Waals surface area contributed by atoms with E-state index >= 15 is 4.39 Å². The van der Waals surface area contributed by atoms with Gasteiger partial charge in [0.05, 0.1) is 11.6 Å². The number of nitrogens with one attached hydrogen (secondary N) is 1. The Hall–Kier alpha value is -5.02. The van der Waals surface area contributed by atoms with E-state index in [0.717, 1.165) is 32.8 Å². The summed E-state index contributed by atoms with van der Waals surface area (Å²) in [6.45, 7) is 3.28. The smallest absolute Gasteiger partial charge is 0.315 e. The Bertz CT molecular complexity index is 1960. The summed E-state index contributed by atoms with van der Waals surface area (Å²) in [6, 6.07) is 24.4. The van der Waals surface area contributed by atoms with Gasteiger partial charge in [-0.25, -0.2) is 4.39 Å². The molecular formula is C32H22FN3O2. The first-order chi connectivity index (χ1) is 18.3. The van der Waals surface area contributed by atoms with Crippen LogP contribution in [0.3, 0.4) is 0 Å². The molecule has 4 aromatic carbocycles. The first-order valence-corrected chi connectivity index (χ1v) is 12.2. The molecule has 0 saturated carbocycles. The van der Waals surface area contributed by atoms with Crippen molar-refractivity contribution in [3.8, 4) is 28.3 Å². The van der Waals surface area contributed by atoms with Crippen molar-refractivity contribution >= 4 is 38.4 Å². The van der Waals surface area contributed by atoms with Gasteiger partial charge >= 0.3 is 5.97 Å². The highest BCUT2D eigenvalue weighted by Crippen LogP contribution is 2.42. The van der Waals surface area contributed by atoms with E-state index < -0.39 is 17.2 Å². The number of aromatic amines is 1. The van der Waals surface area contributed by atoms with E-state index in [2.05, 4.69) is 16.0 Å². The Morgan fingerprint density at radius 2 is 1.61 bits per heavy atom. The van der Waals surface area contributed by atoms with Crippen molar-refractivity contribution in [2.24, 2.45) is 0 Å². The number of pyridine rings is 1. The molecule has 5 nitrogen and oxygen atoms in total. The van der Waals surface area contributed by atoms with Crippen LogP contribution in [0.4, 0.5) is 4.39 Å². The van der Waals surface area contributed by atoms with E-state index in [1.807, 2.05) is 60.7 Å². The van der Waals surface area contributed by atoms with Gasteiger partial charge in [-0.2, -0.15) is 5.26 Å². The fourth-order valence-electron chi connectivity index (χ4n) is 5.24. The zero-order chi connectivity index (χ0) is 26.6. The summed E-state index contributed by atoms with van der Waals surface area (Å²) in [7, 11) is 0. The van der Waals surface area contributed by atoms with Gasteiger partial charge < -0.3 is 10.1 Å². The van der Waals surface area contributed by atoms with Gasteiger partial charge in [-0.15, -0.1) is 0 Å². The number of hydrogen-bond acceptors (Lipinski definition) is 3. The first-order valence-electron chi connectivity index (χ1n) is 12.2. The van der Waals surface area contributed by atoms with Crippen molar-refractivity contribution < 1.29 is 14.3 Å². The molecule has 0 aliphatic carbocycles. The monoisotopic (exact) mass is 499 g/mol. The Balaban J connectivity index is 1.69. The maximum absolute atomic E-state index is 15.7. The quantitative estimate of drug-likeness (QED) is 0.262. The topological polar surface area (TPSA) is 89.8 Å². The molecule has 0 atom stereocenters. The summed E-state index contributed by atoms with van der Waals surface area (Å²) >= 11 is 0. The molecule has 2 N–H and O–H groups in total. The number of halogens is 1. The van der Waals surface area contributed by atoms with E-state index in [-0.39, 0.29) is 0 Å². The van der Waals surface area contributed by atoms with Crippen LogP contribution in [0.2, 0.25) is 0 Å². The Morgan fingerprint density at radius 1 is 0.895 bits per heavy atom. The third-order valence-electron chi connectivity index (χ3n) is 7.32. The Morgan fingerprint density at radius 3 is 2.34 bits per heavy atom. The number of aromatic nitrogens is 2. The summed E-state index contributed by atoms with van der Waals surface area (Å²) in [5.41, 5.74) is 3.38. The number of carboxylic acids is 1. The fourth-order valence-corrected chi connectivity index (χ4v) is 5.24. The van der Waals surface area contributed by atoms with Gasteiger partial charge in [0.25, 0.3) is 0 Å². The number of carbonyl (C=O) groups is 1. The molecular weight excluding hydrogens is 477 g/mol. The minimum Gasteiger partial charge on any atom is -0.481 e. The van der Waals surface area contributed by atoms with E-state index in [0.29, 0.717) is 33.2 Å². The van der Waals surface area contributed by atoms with Gasteiger partial charge in [0.15, 0.2) is 0 Å². The number of aliphatic carboxylic acids is 1. The van der Waals surface area contributed by atoms with Crippen LogP contribution in [-0.2, 0) is 10.2 Å². The second-order valence-corrected chi connectivity index (χ2v) is 9.91. The summed E-state index contributed by atoms with van der Waals surface area (Å²) in [4.78, 5) is 19.9. The lowest BCUT2D eigenvalue weighted by atomic mass is 9.84. The average Bonchev–Trinajstić information content (AvgIpc) is 3.33. The Kier molecular flexibility index (Phi) is 5.25. The number of fused-ring (bicyclic) bond motifs is 3. The molecule has 0 aliphatic rings. The predicted octanol–water partition coefficient (Wildman–Crippen LogP) is 7.58. The third kappa shape index (κ3) is 3.44. The van der Waals surface area contributed by atoms with Gasteiger partial charge in [0.2, 0.25) is 0 Å². The summed E-state index contributed by atoms with van der Waals surface area (Å²) in [5, 5.41) is 23.1. The zero-order valence-corrected chi connectivity index (χ0v) is 20.7. The fraction of sp³-hybridized carbons (Fsp3) is 0.0938. The molecule has 0 spiro atoms. The standard InChI is InChI=1S/C32H22FN3O2/c1-32(2,31(37)38)30-29(23-9-5-6-10-28(23)36-30)19-13-24-25(16-35-17-26(24)27(33)14-19)22-12-11-18(15-34)20-7-3-4-8-21(20)22/h3-14,16-17,36H,1-2H3,(H,37,38). The average molecular weight is 500 g/mol. The van der Waals surface area contributed by atoms with E-state index in [9.17, 15) is 15.2 Å². The summed E-state index contributed by atoms with van der Waals surface area (Å²) < 4.78 is 15.7. The number of H-pyrrole nitrogens is 1. The molecule has 2 aromatic heterocycles. The minimum atomic E-state index is -1.25. The molecule has 6 aromatic rings. The SMILES string of the molecule is CC(C)(C(=O)O)c1[nH]c2ccccc2c1-c1cc(F)c2cncc(-c3ccc(C#N)c4ccccc34)c2c1. The summed E-state index contributed by atoms with van der Waals surface area (Å²) in [5.74, 6) is -1.44. The molecule has 0 aliphatic heterocycles. The van der Waals surface area contributed by atoms with Gasteiger partial charge in [0, 0.05) is 50.9 Å². The number of hydrogen-bond donors (Lipinski definition) is 2. The van der Waals surface area contributed by atoms with Crippen molar-refractivity contribution in [3.63, 3.8) is 0 Å². The van der Waals surface area contributed by atoms with E-state index in [4.69, 9.17) is 0 Å². The van der Waals surface area contributed by atoms with Crippen LogP contribution in [0.1, 0.15) is 25.1 Å². The van der Waals surface area contributed by atoms with Crippen LogP contribution in [-0.4, -0.2) is 21.0 Å². The number of rotatable bonds is 4. The van der Waals surface area contributed by atoms with Crippen molar-refractivity contribution in [2.75, 3.05) is 0 Å². The molecule has 6 rings (SSSR count). The third-order valence-corrected chi connectivity index (χ3v) is 7.32. The van der Waals surface area contributed by atoms with Gasteiger partial charge in [-0.05, 0) is 60.0 Å². The first kappa shape index (κ1) is 23.4. The predicted molar refractivity (Wildman–Crippen MR) is 147 cm³/mol. The van der Waals surface area contributed by atoms with Gasteiger partial charge in [0.1, 0.15) is 11.2 Å². The Labute approximate surface area is 217 Å². The largest absolute Gasteiger partial charge is 0.481 e. The highest BCUT2D eigenvalue weighted by molar-refractivity contribution is 6.09. The molecule has 0 radical (unpaired) electrons. The molecule has 0 amide bonds. The lowest BCUT2D eigenvalue weighted by Gasteiger charge is -2.21. The normalized spacial score (nSPS) is 11.7. The highest BCUT2D eigenvalue weighted by Gasteiger charge is 2.35. The van der Waals surface area contributed by atoms with Gasteiger partial charge in [-0.3, -0.25) is 9.78 Å². The van der Waals surface area contributed by atoms with Crippen molar-refractivity contribution in [3.05, 3.63) is 102 Å². The number of carboxylic acid groups (broad SMARTS) is 1. The van der Waals surface area contributed by atoms with Crippen LogP contribution in [0, 0.1) is 17.1 Å². The van der Waals surface area contributed by atoms with E-state index in [1.54, 1.807) is 26.1 Å². The number of benzene rings is 4. The van der Waals surface area contributed by atoms with Crippen molar-refractivity contribution in [1.82, 2.24) is 9.97 Å². The zero-order valence-electron chi connectivity index (χ0n) is 20.7. The van der Waals surface area contributed by atoms with Crippen LogP contribution in [0.25, 0.3) is 54.7 Å². The van der Waals surface area contributed by atoms with Crippen LogP contribution in [0.5, 0.6) is 0 Å². The van der Waals surface area contributed by atoms with Crippen molar-refractivity contribution in [1.29, 1.82) is 5.26 Å². The second kappa shape index (κ2) is 8.53. The molecule has 0 bridgehead atoms. The molecule has 0 unspecified atom stereocenters. The van der Waals surface area contributed by atoms with Crippen molar-refractivity contribution in [2.45, 2.75) is 19.3 Å². The molecule has 2 heterocycles. The van der Waals surface area contributed by atoms with E-state index in [1.165, 1.54) is 12.3 Å².